The van der Waals surface area contributed by atoms with Gasteiger partial charge in [0.25, 0.3) is 0 Å². The van der Waals surface area contributed by atoms with E-state index in [9.17, 15) is 14.4 Å². The Bertz CT molecular complexity index is 1500. The Morgan fingerprint density at radius 2 is 0.494 bits per heavy atom. The molecule has 0 radical (unpaired) electrons. The lowest BCUT2D eigenvalue weighted by atomic mass is 10.0. The average molecular weight is 1100 g/mol. The van der Waals surface area contributed by atoms with Crippen molar-refractivity contribution in [1.82, 2.24) is 0 Å². The molecule has 0 bridgehead atoms. The summed E-state index contributed by atoms with van der Waals surface area (Å²) in [6.07, 6.45) is 88.8. The summed E-state index contributed by atoms with van der Waals surface area (Å²) in [6.45, 7) is 6.46. The lowest BCUT2D eigenvalue weighted by Gasteiger charge is -2.18. The van der Waals surface area contributed by atoms with E-state index in [-0.39, 0.29) is 31.1 Å². The quantitative estimate of drug-likeness (QED) is 0.0261. The largest absolute Gasteiger partial charge is 0.462 e. The first-order valence-electron chi connectivity index (χ1n) is 34.1. The van der Waals surface area contributed by atoms with Crippen LogP contribution < -0.4 is 0 Å². The fourth-order valence-electron chi connectivity index (χ4n) is 9.86. The Hall–Kier alpha value is -3.41. The second-order valence-electron chi connectivity index (χ2n) is 22.7. The van der Waals surface area contributed by atoms with Gasteiger partial charge in [-0.25, -0.2) is 0 Å². The van der Waals surface area contributed by atoms with Gasteiger partial charge in [0.15, 0.2) is 6.10 Å². The normalized spacial score (nSPS) is 12.6. The Balaban J connectivity index is 4.35. The van der Waals surface area contributed by atoms with Crippen molar-refractivity contribution in [3.63, 3.8) is 0 Å². The number of esters is 3. The molecule has 0 spiro atoms. The molecule has 0 heterocycles. The fourth-order valence-corrected chi connectivity index (χ4v) is 9.86. The van der Waals surface area contributed by atoms with Crippen LogP contribution in [0.2, 0.25) is 0 Å². The van der Waals surface area contributed by atoms with Gasteiger partial charge < -0.3 is 14.2 Å². The van der Waals surface area contributed by atoms with E-state index >= 15 is 0 Å². The van der Waals surface area contributed by atoms with Crippen LogP contribution in [-0.2, 0) is 28.6 Å². The molecular formula is C73H128O6. The van der Waals surface area contributed by atoms with Gasteiger partial charge in [0.1, 0.15) is 13.2 Å². The van der Waals surface area contributed by atoms with Gasteiger partial charge in [-0.05, 0) is 89.9 Å². The van der Waals surface area contributed by atoms with E-state index in [2.05, 4.69) is 106 Å². The molecule has 1 unspecified atom stereocenters. The molecule has 1 atom stereocenters. The van der Waals surface area contributed by atoms with Crippen LogP contribution in [0, 0.1) is 0 Å². The molecule has 0 aromatic heterocycles. The standard InChI is InChI=1S/C73H128O6/c1-4-7-10-13-16-19-22-25-28-31-33-35-36-38-39-42-45-48-51-54-57-60-63-66-72(75)78-69-70(68-77-71(74)65-62-59-56-53-50-47-44-41-30-27-24-21-18-15-12-9-6-3)79-73(76)67-64-61-58-55-52-49-46-43-40-37-34-32-29-26-23-20-17-14-11-8-5-2/h8-9,11-12,17-18,20-21,26-27,29-30,34,37,70H,4-7,10,13-16,19,22-25,28,31-33,35-36,38-69H2,1-3H3/b11-8-,12-9-,20-17-,21-18-,29-26-,30-27-,37-34-. The molecule has 0 saturated carbocycles. The van der Waals surface area contributed by atoms with Crippen LogP contribution in [0.4, 0.5) is 0 Å². The van der Waals surface area contributed by atoms with E-state index in [4.69, 9.17) is 14.2 Å². The topological polar surface area (TPSA) is 78.9 Å². The number of carbonyl (C=O) groups is 3. The third-order valence-electron chi connectivity index (χ3n) is 14.9. The molecule has 0 aliphatic carbocycles. The van der Waals surface area contributed by atoms with Crippen molar-refractivity contribution >= 4 is 17.9 Å². The zero-order chi connectivity index (χ0) is 57.1. The smallest absolute Gasteiger partial charge is 0.306 e. The monoisotopic (exact) mass is 1100 g/mol. The number of rotatable bonds is 62. The summed E-state index contributed by atoms with van der Waals surface area (Å²) in [5.41, 5.74) is 0. The first-order valence-corrected chi connectivity index (χ1v) is 34.1. The van der Waals surface area contributed by atoms with Crippen molar-refractivity contribution in [1.29, 1.82) is 0 Å². The number of hydrogen-bond acceptors (Lipinski definition) is 6. The maximum absolute atomic E-state index is 12.9. The summed E-state index contributed by atoms with van der Waals surface area (Å²) in [6, 6.07) is 0. The van der Waals surface area contributed by atoms with E-state index in [1.54, 1.807) is 0 Å². The van der Waals surface area contributed by atoms with Crippen molar-refractivity contribution in [2.45, 2.75) is 348 Å². The molecule has 0 aromatic carbocycles. The Morgan fingerprint density at radius 1 is 0.266 bits per heavy atom. The Kier molecular flexibility index (Phi) is 64.2. The number of allylic oxidation sites excluding steroid dienone is 14. The lowest BCUT2D eigenvalue weighted by Crippen LogP contribution is -2.30. The van der Waals surface area contributed by atoms with Gasteiger partial charge in [-0.1, -0.05) is 318 Å². The van der Waals surface area contributed by atoms with Gasteiger partial charge in [-0.3, -0.25) is 14.4 Å². The molecule has 456 valence electrons. The molecule has 0 amide bonds. The minimum Gasteiger partial charge on any atom is -0.462 e. The maximum atomic E-state index is 12.9. The maximum Gasteiger partial charge on any atom is 0.306 e. The highest BCUT2D eigenvalue weighted by molar-refractivity contribution is 5.71. The second-order valence-corrected chi connectivity index (χ2v) is 22.7. The second kappa shape index (κ2) is 67.1. The third kappa shape index (κ3) is 65.3. The number of unbranched alkanes of at least 4 members (excludes halogenated alkanes) is 37. The summed E-state index contributed by atoms with van der Waals surface area (Å²) in [5, 5.41) is 0. The van der Waals surface area contributed by atoms with Crippen molar-refractivity contribution in [3.05, 3.63) is 85.1 Å². The molecule has 0 rings (SSSR count). The predicted molar refractivity (Wildman–Crippen MR) is 344 cm³/mol. The fraction of sp³-hybridized carbons (Fsp3) is 0.767. The van der Waals surface area contributed by atoms with Crippen molar-refractivity contribution < 1.29 is 28.6 Å². The summed E-state index contributed by atoms with van der Waals surface area (Å²) in [4.78, 5) is 38.4. The zero-order valence-electron chi connectivity index (χ0n) is 52.4. The molecule has 0 aromatic rings. The molecule has 0 aliphatic rings. The highest BCUT2D eigenvalue weighted by atomic mass is 16.6. The van der Waals surface area contributed by atoms with Crippen LogP contribution >= 0.6 is 0 Å². The highest BCUT2D eigenvalue weighted by Gasteiger charge is 2.19. The molecule has 0 fully saturated rings. The summed E-state index contributed by atoms with van der Waals surface area (Å²) >= 11 is 0. The van der Waals surface area contributed by atoms with Crippen molar-refractivity contribution in [2.75, 3.05) is 13.2 Å². The molecule has 6 nitrogen and oxygen atoms in total. The molecule has 0 N–H and O–H groups in total. The Morgan fingerprint density at radius 3 is 0.772 bits per heavy atom. The molecule has 6 heteroatoms. The van der Waals surface area contributed by atoms with Gasteiger partial charge in [0.05, 0.1) is 0 Å². The first-order chi connectivity index (χ1) is 39.0. The van der Waals surface area contributed by atoms with E-state index in [1.807, 2.05) is 0 Å². The molecule has 79 heavy (non-hydrogen) atoms. The first kappa shape index (κ1) is 75.6. The molecule has 0 saturated heterocycles. The zero-order valence-corrected chi connectivity index (χ0v) is 52.4. The van der Waals surface area contributed by atoms with E-state index in [1.165, 1.54) is 186 Å². The Labute approximate surface area is 490 Å². The predicted octanol–water partition coefficient (Wildman–Crippen LogP) is 23.4. The van der Waals surface area contributed by atoms with Crippen LogP contribution in [-0.4, -0.2) is 37.2 Å². The highest BCUT2D eigenvalue weighted by Crippen LogP contribution is 2.18. The van der Waals surface area contributed by atoms with E-state index < -0.39 is 6.10 Å². The SMILES string of the molecule is CC/C=C\C/C=C\C/C=C\C/C=C\CCCCCCCCCCC(=O)OC(COC(=O)CCCCCCCCC/C=C\C/C=C\C/C=C\CC)COC(=O)CCCCCCCCCCCCCCCCCCCCCCCCC. The minimum absolute atomic E-state index is 0.0801. The number of ether oxygens (including phenoxy) is 3. The van der Waals surface area contributed by atoms with E-state index in [0.717, 1.165) is 116 Å². The summed E-state index contributed by atoms with van der Waals surface area (Å²) in [5.74, 6) is -0.880. The van der Waals surface area contributed by atoms with Crippen molar-refractivity contribution in [3.8, 4) is 0 Å². The molecule has 0 aliphatic heterocycles. The van der Waals surface area contributed by atoms with Gasteiger partial charge in [0, 0.05) is 19.3 Å². The van der Waals surface area contributed by atoms with Gasteiger partial charge in [-0.2, -0.15) is 0 Å². The lowest BCUT2D eigenvalue weighted by molar-refractivity contribution is -0.167. The van der Waals surface area contributed by atoms with Crippen LogP contribution in [0.15, 0.2) is 85.1 Å². The van der Waals surface area contributed by atoms with E-state index in [0.29, 0.717) is 19.3 Å². The van der Waals surface area contributed by atoms with Crippen molar-refractivity contribution in [2.24, 2.45) is 0 Å². The van der Waals surface area contributed by atoms with Crippen LogP contribution in [0.25, 0.3) is 0 Å². The number of hydrogen-bond donors (Lipinski definition) is 0. The summed E-state index contributed by atoms with van der Waals surface area (Å²) < 4.78 is 17.0. The van der Waals surface area contributed by atoms with Crippen LogP contribution in [0.3, 0.4) is 0 Å². The minimum atomic E-state index is -0.786. The van der Waals surface area contributed by atoms with Gasteiger partial charge >= 0.3 is 17.9 Å². The van der Waals surface area contributed by atoms with Gasteiger partial charge in [-0.15, -0.1) is 0 Å². The third-order valence-corrected chi connectivity index (χ3v) is 14.9. The summed E-state index contributed by atoms with van der Waals surface area (Å²) in [7, 11) is 0. The average Bonchev–Trinajstić information content (AvgIpc) is 3.45. The van der Waals surface area contributed by atoms with Crippen LogP contribution in [0.5, 0.6) is 0 Å². The molecular weight excluding hydrogens is 973 g/mol. The number of carbonyl (C=O) groups excluding carboxylic acids is 3. The van der Waals surface area contributed by atoms with Gasteiger partial charge in [0.2, 0.25) is 0 Å². The van der Waals surface area contributed by atoms with Crippen LogP contribution in [0.1, 0.15) is 342 Å².